The number of hydrogen-bond donors (Lipinski definition) is 2. The van der Waals surface area contributed by atoms with Crippen molar-refractivity contribution in [3.05, 3.63) is 107 Å². The second kappa shape index (κ2) is 10.6. The predicted octanol–water partition coefficient (Wildman–Crippen LogP) is 5.27. The average Bonchev–Trinajstić information content (AvgIpc) is 3.54. The van der Waals surface area contributed by atoms with Crippen LogP contribution in [0, 0.1) is 0 Å². The summed E-state index contributed by atoms with van der Waals surface area (Å²) < 4.78 is 16.0. The zero-order valence-electron chi connectivity index (χ0n) is 20.5. The number of benzene rings is 3. The summed E-state index contributed by atoms with van der Waals surface area (Å²) in [7, 11) is 1.31. The van der Waals surface area contributed by atoms with Crippen LogP contribution in [0.15, 0.2) is 89.3 Å². The number of carbonyl (C=O) groups excluding carboxylic acids is 2. The minimum absolute atomic E-state index is 0.0697. The van der Waals surface area contributed by atoms with Gasteiger partial charge in [-0.15, -0.1) is 0 Å². The molecular weight excluding hydrogens is 486 g/mol. The maximum absolute atomic E-state index is 12.6. The second-order valence-corrected chi connectivity index (χ2v) is 8.90. The van der Waals surface area contributed by atoms with Crippen molar-refractivity contribution in [3.63, 3.8) is 0 Å². The van der Waals surface area contributed by atoms with Gasteiger partial charge in [-0.2, -0.15) is 0 Å². The summed E-state index contributed by atoms with van der Waals surface area (Å²) in [5.41, 5.74) is 5.46. The molecular formula is C30H25NO7. The van der Waals surface area contributed by atoms with Gasteiger partial charge >= 0.3 is 18.0 Å². The summed E-state index contributed by atoms with van der Waals surface area (Å²) in [4.78, 5) is 36.1. The van der Waals surface area contributed by atoms with Crippen LogP contribution in [0.5, 0.6) is 0 Å². The van der Waals surface area contributed by atoms with Gasteiger partial charge in [0.25, 0.3) is 0 Å². The Bertz CT molecular complexity index is 1440. The first-order chi connectivity index (χ1) is 18.4. The highest BCUT2D eigenvalue weighted by Crippen LogP contribution is 2.44. The van der Waals surface area contributed by atoms with Crippen molar-refractivity contribution in [2.24, 2.45) is 0 Å². The van der Waals surface area contributed by atoms with Gasteiger partial charge in [-0.05, 0) is 46.5 Å². The molecule has 1 aliphatic rings. The minimum Gasteiger partial charge on any atom is -0.480 e. The summed E-state index contributed by atoms with van der Waals surface area (Å²) in [6.07, 6.45) is -0.885. The molecule has 3 aromatic carbocycles. The fourth-order valence-corrected chi connectivity index (χ4v) is 4.71. The molecule has 1 aromatic heterocycles. The van der Waals surface area contributed by atoms with Crippen LogP contribution in [0.25, 0.3) is 22.5 Å². The number of methoxy groups -OCH3 is 1. The normalized spacial score (nSPS) is 12.8. The average molecular weight is 512 g/mol. The molecule has 1 heterocycles. The van der Waals surface area contributed by atoms with Gasteiger partial charge in [-0.1, -0.05) is 60.7 Å². The molecule has 1 atom stereocenters. The summed E-state index contributed by atoms with van der Waals surface area (Å²) in [6, 6.07) is 24.7. The molecule has 1 unspecified atom stereocenters. The third-order valence-electron chi connectivity index (χ3n) is 6.59. The van der Waals surface area contributed by atoms with Crippen LogP contribution >= 0.6 is 0 Å². The lowest BCUT2D eigenvalue weighted by atomic mass is 9.98. The lowest BCUT2D eigenvalue weighted by Crippen LogP contribution is -2.42. The molecule has 192 valence electrons. The van der Waals surface area contributed by atoms with Gasteiger partial charge in [0.05, 0.1) is 12.7 Å². The number of carboxylic acids is 1. The number of fused-ring (bicyclic) bond motifs is 3. The summed E-state index contributed by atoms with van der Waals surface area (Å²) in [5.74, 6) is -0.904. The van der Waals surface area contributed by atoms with Crippen molar-refractivity contribution in [2.75, 3.05) is 13.7 Å². The van der Waals surface area contributed by atoms with Gasteiger partial charge in [0.2, 0.25) is 0 Å². The quantitative estimate of drug-likeness (QED) is 0.310. The topological polar surface area (TPSA) is 115 Å². The number of furan rings is 1. The zero-order valence-corrected chi connectivity index (χ0v) is 20.5. The molecule has 1 amide bonds. The Hall–Kier alpha value is -4.85. The highest BCUT2D eigenvalue weighted by atomic mass is 16.5. The zero-order chi connectivity index (χ0) is 26.6. The predicted molar refractivity (Wildman–Crippen MR) is 139 cm³/mol. The first-order valence-electron chi connectivity index (χ1n) is 12.1. The lowest BCUT2D eigenvalue weighted by molar-refractivity contribution is -0.139. The number of amides is 1. The second-order valence-electron chi connectivity index (χ2n) is 8.90. The molecule has 5 rings (SSSR count). The Kier molecular flexibility index (Phi) is 6.95. The summed E-state index contributed by atoms with van der Waals surface area (Å²) in [5, 5.41) is 12.1. The number of ether oxygens (including phenoxy) is 2. The van der Waals surface area contributed by atoms with E-state index in [1.807, 2.05) is 48.5 Å². The van der Waals surface area contributed by atoms with E-state index >= 15 is 0 Å². The first-order valence-corrected chi connectivity index (χ1v) is 12.1. The van der Waals surface area contributed by atoms with E-state index in [0.717, 1.165) is 22.3 Å². The van der Waals surface area contributed by atoms with Crippen molar-refractivity contribution in [2.45, 2.75) is 18.4 Å². The van der Waals surface area contributed by atoms with Crippen LogP contribution in [-0.2, 0) is 20.7 Å². The molecule has 0 radical (unpaired) electrons. The molecule has 0 fully saturated rings. The van der Waals surface area contributed by atoms with E-state index in [0.29, 0.717) is 22.6 Å². The largest absolute Gasteiger partial charge is 0.480 e. The number of carbonyl (C=O) groups is 3. The molecule has 8 nitrogen and oxygen atoms in total. The number of hydrogen-bond acceptors (Lipinski definition) is 6. The van der Waals surface area contributed by atoms with E-state index in [1.54, 1.807) is 36.4 Å². The Morgan fingerprint density at radius 2 is 1.53 bits per heavy atom. The van der Waals surface area contributed by atoms with Crippen LogP contribution in [0.2, 0.25) is 0 Å². The van der Waals surface area contributed by atoms with Crippen LogP contribution in [-0.4, -0.2) is 42.9 Å². The molecule has 0 aliphatic heterocycles. The molecule has 38 heavy (non-hydrogen) atoms. The van der Waals surface area contributed by atoms with Crippen LogP contribution in [0.4, 0.5) is 4.79 Å². The molecule has 0 saturated heterocycles. The fourth-order valence-electron chi connectivity index (χ4n) is 4.71. The smallest absolute Gasteiger partial charge is 0.407 e. The minimum atomic E-state index is -1.24. The number of esters is 1. The first kappa shape index (κ1) is 24.8. The Morgan fingerprint density at radius 1 is 0.895 bits per heavy atom. The number of nitrogens with one attached hydrogen (secondary N) is 1. The van der Waals surface area contributed by atoms with E-state index in [4.69, 9.17) is 13.9 Å². The molecule has 4 aromatic rings. The Labute approximate surface area is 218 Å². The third kappa shape index (κ3) is 5.01. The van der Waals surface area contributed by atoms with Crippen molar-refractivity contribution in [1.82, 2.24) is 5.32 Å². The van der Waals surface area contributed by atoms with Crippen molar-refractivity contribution in [3.8, 4) is 22.5 Å². The van der Waals surface area contributed by atoms with Gasteiger partial charge in [0, 0.05) is 17.9 Å². The molecule has 0 bridgehead atoms. The molecule has 2 N–H and O–H groups in total. The van der Waals surface area contributed by atoms with E-state index < -0.39 is 24.1 Å². The maximum atomic E-state index is 12.6. The number of aliphatic carboxylic acids is 1. The number of rotatable bonds is 8. The number of alkyl carbamates (subject to hydrolysis) is 1. The van der Waals surface area contributed by atoms with Crippen LogP contribution < -0.4 is 5.32 Å². The van der Waals surface area contributed by atoms with Crippen molar-refractivity contribution in [1.29, 1.82) is 0 Å². The highest BCUT2D eigenvalue weighted by Gasteiger charge is 2.30. The number of carboxylic acid groups (broad SMARTS) is 1. The molecule has 0 saturated carbocycles. The van der Waals surface area contributed by atoms with Gasteiger partial charge in [0.1, 0.15) is 24.2 Å². The van der Waals surface area contributed by atoms with Crippen molar-refractivity contribution >= 4 is 18.0 Å². The molecule has 1 aliphatic carbocycles. The van der Waals surface area contributed by atoms with Crippen molar-refractivity contribution < 1.29 is 33.4 Å². The molecule has 0 spiro atoms. The van der Waals surface area contributed by atoms with Crippen LogP contribution in [0.1, 0.15) is 33.2 Å². The maximum Gasteiger partial charge on any atom is 0.407 e. The fraction of sp³-hybridized carbons (Fsp3) is 0.167. The van der Waals surface area contributed by atoms with Gasteiger partial charge < -0.3 is 24.3 Å². The third-order valence-corrected chi connectivity index (χ3v) is 6.59. The van der Waals surface area contributed by atoms with E-state index in [2.05, 4.69) is 5.32 Å². The Morgan fingerprint density at radius 3 is 2.13 bits per heavy atom. The van der Waals surface area contributed by atoms with Gasteiger partial charge in [-0.3, -0.25) is 0 Å². The standard InChI is InChI=1S/C30H25NO7/c1-36-29(34)19-12-10-18(11-13-19)27-15-14-20(38-27)16-26(28(32)33)31-30(35)37-17-25-23-8-4-2-6-21(23)22-7-3-5-9-24(22)25/h2-15,25-26H,16-17H2,1H3,(H,31,35)(H,32,33). The highest BCUT2D eigenvalue weighted by molar-refractivity contribution is 5.89. The van der Waals surface area contributed by atoms with E-state index in [1.165, 1.54) is 7.11 Å². The van der Waals surface area contributed by atoms with E-state index in [-0.39, 0.29) is 18.9 Å². The summed E-state index contributed by atoms with van der Waals surface area (Å²) >= 11 is 0. The lowest BCUT2D eigenvalue weighted by Gasteiger charge is -2.17. The van der Waals surface area contributed by atoms with Gasteiger partial charge in [0.15, 0.2) is 0 Å². The SMILES string of the molecule is COC(=O)c1ccc(-c2ccc(CC(NC(=O)OCC3c4ccccc4-c4ccccc43)C(=O)O)o2)cc1. The Balaban J connectivity index is 1.22. The summed E-state index contributed by atoms with van der Waals surface area (Å²) in [6.45, 7) is 0.0820. The monoisotopic (exact) mass is 511 g/mol. The van der Waals surface area contributed by atoms with Gasteiger partial charge in [-0.25, -0.2) is 14.4 Å². The van der Waals surface area contributed by atoms with E-state index in [9.17, 15) is 19.5 Å². The van der Waals surface area contributed by atoms with Crippen LogP contribution in [0.3, 0.4) is 0 Å². The molecule has 8 heteroatoms.